The van der Waals surface area contributed by atoms with Crippen molar-refractivity contribution in [2.24, 2.45) is 0 Å². The molecule has 0 aliphatic carbocycles. The average molecular weight is 265 g/mol. The fourth-order valence-electron chi connectivity index (χ4n) is 1.65. The van der Waals surface area contributed by atoms with Crippen LogP contribution in [0.25, 0.3) is 0 Å². The summed E-state index contributed by atoms with van der Waals surface area (Å²) in [7, 11) is -0.553. The number of rotatable bonds is 1. The SMILES string of the molecule is CC1(C)OB(c2ccc(C#N)nc2Cl)OC1(C)C. The van der Waals surface area contributed by atoms with E-state index in [1.54, 1.807) is 12.1 Å². The van der Waals surface area contributed by atoms with Gasteiger partial charge in [-0.2, -0.15) is 5.26 Å². The molecule has 1 aromatic rings. The van der Waals surface area contributed by atoms with E-state index < -0.39 is 18.3 Å². The van der Waals surface area contributed by atoms with Gasteiger partial charge in [-0.1, -0.05) is 17.7 Å². The van der Waals surface area contributed by atoms with Crippen LogP contribution in [0.15, 0.2) is 12.1 Å². The number of aromatic nitrogens is 1. The van der Waals surface area contributed by atoms with E-state index in [2.05, 4.69) is 4.98 Å². The molecular formula is C12H14BClN2O2. The molecule has 2 rings (SSSR count). The smallest absolute Gasteiger partial charge is 0.399 e. The Labute approximate surface area is 112 Å². The molecule has 0 N–H and O–H groups in total. The van der Waals surface area contributed by atoms with E-state index in [1.807, 2.05) is 33.8 Å². The monoisotopic (exact) mass is 264 g/mol. The largest absolute Gasteiger partial charge is 0.498 e. The van der Waals surface area contributed by atoms with E-state index in [0.717, 1.165) is 0 Å². The van der Waals surface area contributed by atoms with Crippen molar-refractivity contribution in [3.05, 3.63) is 23.0 Å². The highest BCUT2D eigenvalue weighted by atomic mass is 35.5. The second-order valence-electron chi connectivity index (χ2n) is 5.28. The summed E-state index contributed by atoms with van der Waals surface area (Å²) in [5.41, 5.74) is 0.0821. The Hall–Kier alpha value is -1.09. The molecule has 6 heteroatoms. The standard InChI is InChI=1S/C12H14BClN2O2/c1-11(2)12(3,4)18-13(17-11)9-6-5-8(7-15)16-10(9)14/h5-6H,1-4H3. The molecule has 0 bridgehead atoms. The maximum Gasteiger partial charge on any atom is 0.498 e. The van der Waals surface area contributed by atoms with Gasteiger partial charge in [-0.05, 0) is 33.8 Å². The van der Waals surface area contributed by atoms with Crippen LogP contribution in [0.5, 0.6) is 0 Å². The van der Waals surface area contributed by atoms with Crippen LogP contribution in [0.2, 0.25) is 5.15 Å². The zero-order chi connectivity index (χ0) is 13.6. The highest BCUT2D eigenvalue weighted by Crippen LogP contribution is 2.36. The summed E-state index contributed by atoms with van der Waals surface area (Å²) in [6, 6.07) is 5.26. The van der Waals surface area contributed by atoms with Gasteiger partial charge >= 0.3 is 7.12 Å². The maximum absolute atomic E-state index is 8.75. The molecule has 1 saturated heterocycles. The van der Waals surface area contributed by atoms with Gasteiger partial charge in [0, 0.05) is 5.46 Å². The highest BCUT2D eigenvalue weighted by Gasteiger charge is 2.52. The van der Waals surface area contributed by atoms with Crippen molar-refractivity contribution in [3.63, 3.8) is 0 Å². The summed E-state index contributed by atoms with van der Waals surface area (Å²) in [6.45, 7) is 7.88. The van der Waals surface area contributed by atoms with Crippen LogP contribution in [0, 0.1) is 11.3 Å². The second kappa shape index (κ2) is 4.23. The minimum Gasteiger partial charge on any atom is -0.399 e. The first-order valence-electron chi connectivity index (χ1n) is 5.69. The Morgan fingerprint density at radius 2 is 1.78 bits per heavy atom. The number of nitrogens with zero attached hydrogens (tertiary/aromatic N) is 2. The van der Waals surface area contributed by atoms with Crippen molar-refractivity contribution in [1.82, 2.24) is 4.98 Å². The minimum atomic E-state index is -0.553. The summed E-state index contributed by atoms with van der Waals surface area (Å²) in [6.07, 6.45) is 0. The molecule has 1 aliphatic rings. The van der Waals surface area contributed by atoms with Crippen molar-refractivity contribution < 1.29 is 9.31 Å². The van der Waals surface area contributed by atoms with Gasteiger partial charge < -0.3 is 9.31 Å². The molecule has 1 aromatic heterocycles. The quantitative estimate of drug-likeness (QED) is 0.574. The highest BCUT2D eigenvalue weighted by molar-refractivity contribution is 6.65. The Kier molecular flexibility index (Phi) is 3.14. The van der Waals surface area contributed by atoms with Crippen molar-refractivity contribution in [3.8, 4) is 6.07 Å². The molecule has 18 heavy (non-hydrogen) atoms. The molecule has 4 nitrogen and oxygen atoms in total. The summed E-state index contributed by atoms with van der Waals surface area (Å²) in [5.74, 6) is 0. The Morgan fingerprint density at radius 1 is 1.22 bits per heavy atom. The summed E-state index contributed by atoms with van der Waals surface area (Å²) >= 11 is 6.05. The predicted octanol–water partition coefficient (Wildman–Crippen LogP) is 1.91. The van der Waals surface area contributed by atoms with E-state index in [9.17, 15) is 0 Å². The third kappa shape index (κ3) is 2.12. The van der Waals surface area contributed by atoms with Gasteiger partial charge in [0.2, 0.25) is 0 Å². The van der Waals surface area contributed by atoms with Gasteiger partial charge in [0.05, 0.1) is 11.2 Å². The molecule has 2 heterocycles. The second-order valence-corrected chi connectivity index (χ2v) is 5.63. The van der Waals surface area contributed by atoms with Crippen LogP contribution < -0.4 is 5.46 Å². The van der Waals surface area contributed by atoms with Gasteiger partial charge in [-0.25, -0.2) is 4.98 Å². The summed E-state index contributed by atoms with van der Waals surface area (Å²) in [4.78, 5) is 3.98. The summed E-state index contributed by atoms with van der Waals surface area (Å²) in [5, 5.41) is 8.99. The lowest BCUT2D eigenvalue weighted by Gasteiger charge is -2.32. The maximum atomic E-state index is 8.75. The van der Waals surface area contributed by atoms with Crippen LogP contribution in [0.1, 0.15) is 33.4 Å². The van der Waals surface area contributed by atoms with Gasteiger partial charge in [-0.3, -0.25) is 0 Å². The van der Waals surface area contributed by atoms with E-state index in [4.69, 9.17) is 26.2 Å². The Morgan fingerprint density at radius 3 is 2.22 bits per heavy atom. The first-order valence-corrected chi connectivity index (χ1v) is 6.07. The zero-order valence-corrected chi connectivity index (χ0v) is 11.6. The van der Waals surface area contributed by atoms with Crippen LogP contribution in [-0.2, 0) is 9.31 Å². The van der Waals surface area contributed by atoms with Gasteiger partial charge in [0.15, 0.2) is 0 Å². The van der Waals surface area contributed by atoms with Crippen LogP contribution in [-0.4, -0.2) is 23.3 Å². The van der Waals surface area contributed by atoms with Gasteiger partial charge in [-0.15, -0.1) is 0 Å². The molecule has 0 atom stereocenters. The number of halogens is 1. The molecule has 0 saturated carbocycles. The van der Waals surface area contributed by atoms with Crippen molar-refractivity contribution in [2.45, 2.75) is 38.9 Å². The molecule has 1 fully saturated rings. The fourth-order valence-corrected chi connectivity index (χ4v) is 1.90. The van der Waals surface area contributed by atoms with E-state index in [-0.39, 0.29) is 10.8 Å². The molecule has 1 aliphatic heterocycles. The molecule has 0 amide bonds. The van der Waals surface area contributed by atoms with Crippen LogP contribution in [0.3, 0.4) is 0 Å². The molecule has 0 unspecified atom stereocenters. The lowest BCUT2D eigenvalue weighted by Crippen LogP contribution is -2.41. The molecular weight excluding hydrogens is 250 g/mol. The van der Waals surface area contributed by atoms with Crippen molar-refractivity contribution in [2.75, 3.05) is 0 Å². The fraction of sp³-hybridized carbons (Fsp3) is 0.500. The first-order chi connectivity index (χ1) is 8.27. The lowest BCUT2D eigenvalue weighted by atomic mass is 9.80. The average Bonchev–Trinajstić information content (AvgIpc) is 2.47. The number of hydrogen-bond acceptors (Lipinski definition) is 4. The lowest BCUT2D eigenvalue weighted by molar-refractivity contribution is 0.00578. The zero-order valence-electron chi connectivity index (χ0n) is 10.8. The third-order valence-electron chi connectivity index (χ3n) is 3.50. The molecule has 0 spiro atoms. The van der Waals surface area contributed by atoms with Crippen molar-refractivity contribution >= 4 is 24.2 Å². The topological polar surface area (TPSA) is 55.1 Å². The minimum absolute atomic E-state index is 0.243. The first kappa shape index (κ1) is 13.3. The molecule has 0 aromatic carbocycles. The third-order valence-corrected chi connectivity index (χ3v) is 3.80. The van der Waals surface area contributed by atoms with E-state index >= 15 is 0 Å². The van der Waals surface area contributed by atoms with Crippen molar-refractivity contribution in [1.29, 1.82) is 5.26 Å². The number of nitriles is 1. The summed E-state index contributed by atoms with van der Waals surface area (Å²) < 4.78 is 11.7. The van der Waals surface area contributed by atoms with Crippen LogP contribution in [0.4, 0.5) is 0 Å². The Balaban J connectivity index is 2.33. The van der Waals surface area contributed by atoms with E-state index in [0.29, 0.717) is 5.46 Å². The predicted molar refractivity (Wildman–Crippen MR) is 69.7 cm³/mol. The Bertz CT molecular complexity index is 509. The van der Waals surface area contributed by atoms with Crippen LogP contribution >= 0.6 is 11.6 Å². The van der Waals surface area contributed by atoms with E-state index in [1.165, 1.54) is 0 Å². The van der Waals surface area contributed by atoms with Gasteiger partial charge in [0.1, 0.15) is 16.9 Å². The normalized spacial score (nSPS) is 20.8. The molecule has 0 radical (unpaired) electrons. The van der Waals surface area contributed by atoms with Gasteiger partial charge in [0.25, 0.3) is 0 Å². The number of pyridine rings is 1. The number of hydrogen-bond donors (Lipinski definition) is 0. The molecule has 94 valence electrons.